The predicted molar refractivity (Wildman–Crippen MR) is 149 cm³/mol. The van der Waals surface area contributed by atoms with Crippen molar-refractivity contribution in [1.29, 1.82) is 0 Å². The molecule has 1 radical (unpaired) electrons. The second kappa shape index (κ2) is 26.4. The molecular formula is C26H50NNaO10P. The molecule has 0 aromatic heterocycles. The zero-order valence-electron chi connectivity index (χ0n) is 24.3. The molecule has 0 aromatic rings. The number of carboxylic acid groups (broad SMARTS) is 1. The second-order valence-corrected chi connectivity index (χ2v) is 11.0. The maximum atomic E-state index is 12.3. The number of phosphoric ester groups is 1. The van der Waals surface area contributed by atoms with Gasteiger partial charge in [-0.3, -0.25) is 23.4 Å². The Morgan fingerprint density at radius 2 is 1.15 bits per heavy atom. The fourth-order valence-electron chi connectivity index (χ4n) is 3.53. The van der Waals surface area contributed by atoms with E-state index < -0.39 is 51.1 Å². The van der Waals surface area contributed by atoms with Crippen molar-refractivity contribution in [2.45, 2.75) is 129 Å². The first-order chi connectivity index (χ1) is 18.1. The van der Waals surface area contributed by atoms with Crippen LogP contribution in [-0.4, -0.2) is 89.4 Å². The molecule has 1 unspecified atom stereocenters. The molecule has 0 rings (SSSR count). The molecule has 4 N–H and O–H groups in total. The van der Waals surface area contributed by atoms with Crippen LogP contribution in [-0.2, 0) is 37.5 Å². The first-order valence-corrected chi connectivity index (χ1v) is 15.6. The van der Waals surface area contributed by atoms with Gasteiger partial charge in [0.25, 0.3) is 0 Å². The van der Waals surface area contributed by atoms with Crippen molar-refractivity contribution in [3.05, 3.63) is 0 Å². The number of hydrogen-bond donors (Lipinski definition) is 3. The Morgan fingerprint density at radius 1 is 0.718 bits per heavy atom. The Hall–Kier alpha value is -0.520. The minimum Gasteiger partial charge on any atom is -0.480 e. The molecule has 0 aromatic carbocycles. The van der Waals surface area contributed by atoms with Crippen LogP contribution >= 0.6 is 7.82 Å². The second-order valence-electron chi connectivity index (χ2n) is 9.54. The van der Waals surface area contributed by atoms with Crippen LogP contribution in [0.3, 0.4) is 0 Å². The van der Waals surface area contributed by atoms with Gasteiger partial charge >= 0.3 is 25.7 Å². The van der Waals surface area contributed by atoms with E-state index in [1.54, 1.807) is 0 Å². The Kier molecular flexibility index (Phi) is 27.5. The first kappa shape index (κ1) is 40.6. The normalized spacial score (nSPS) is 14.1. The molecule has 0 amide bonds. The van der Waals surface area contributed by atoms with Crippen molar-refractivity contribution >= 4 is 55.3 Å². The van der Waals surface area contributed by atoms with Crippen molar-refractivity contribution in [3.8, 4) is 0 Å². The summed E-state index contributed by atoms with van der Waals surface area (Å²) in [6.07, 6.45) is 13.8. The number of carbonyl (C=O) groups is 3. The van der Waals surface area contributed by atoms with Crippen LogP contribution in [0.15, 0.2) is 0 Å². The standard InChI is InChI=1S/C26H50NO10P.Na/c1-3-5-7-9-11-13-15-17-24(28)34-19-22(20-35-38(32,33)36-21-23(27)26(30)31)37-25(29)18-16-14-12-10-8-6-4-2;/h22-23H,3-21,27H2,1-2H3,(H,30,31)(H,32,33);/t22-,23+;/m1./s1. The van der Waals surface area contributed by atoms with E-state index in [4.69, 9.17) is 24.8 Å². The molecule has 13 heteroatoms. The number of hydrogen-bond acceptors (Lipinski definition) is 9. The Labute approximate surface area is 256 Å². The number of nitrogens with two attached hydrogens (primary N) is 1. The SMILES string of the molecule is CCCCCCCCCC(=O)OC[C@H](COP(=O)(O)OC[C@H](N)C(=O)O)OC(=O)CCCCCCCCC.[Na]. The number of carboxylic acids is 1. The van der Waals surface area contributed by atoms with Crippen molar-refractivity contribution in [2.24, 2.45) is 5.73 Å². The summed E-state index contributed by atoms with van der Waals surface area (Å²) < 4.78 is 32.1. The number of ether oxygens (including phenoxy) is 2. The number of phosphoric acid groups is 1. The molecule has 3 atom stereocenters. The van der Waals surface area contributed by atoms with E-state index in [0.717, 1.165) is 44.9 Å². The topological polar surface area (TPSA) is 172 Å². The Morgan fingerprint density at radius 3 is 1.64 bits per heavy atom. The summed E-state index contributed by atoms with van der Waals surface area (Å²) in [5, 5.41) is 8.76. The molecule has 0 fully saturated rings. The van der Waals surface area contributed by atoms with Gasteiger partial charge in [0.15, 0.2) is 6.10 Å². The van der Waals surface area contributed by atoms with Gasteiger partial charge in [-0.1, -0.05) is 90.9 Å². The van der Waals surface area contributed by atoms with Crippen LogP contribution in [0.1, 0.15) is 117 Å². The predicted octanol–water partition coefficient (Wildman–Crippen LogP) is 4.89. The molecular weight excluding hydrogens is 540 g/mol. The summed E-state index contributed by atoms with van der Waals surface area (Å²) in [6, 6.07) is -1.51. The summed E-state index contributed by atoms with van der Waals surface area (Å²) in [6.45, 7) is 2.63. The van der Waals surface area contributed by atoms with Crippen LogP contribution in [0, 0.1) is 0 Å². The van der Waals surface area contributed by atoms with Crippen molar-refractivity contribution in [1.82, 2.24) is 0 Å². The third-order valence-electron chi connectivity index (χ3n) is 5.86. The largest absolute Gasteiger partial charge is 0.480 e. The van der Waals surface area contributed by atoms with Gasteiger partial charge in [-0.05, 0) is 12.8 Å². The number of carbonyl (C=O) groups excluding carboxylic acids is 2. The average Bonchev–Trinajstić information content (AvgIpc) is 2.87. The molecule has 0 aliphatic rings. The molecule has 11 nitrogen and oxygen atoms in total. The quantitative estimate of drug-likeness (QED) is 0.0542. The molecule has 0 saturated heterocycles. The monoisotopic (exact) mass is 590 g/mol. The van der Waals surface area contributed by atoms with Crippen molar-refractivity contribution < 1.29 is 47.5 Å². The zero-order chi connectivity index (χ0) is 28.7. The van der Waals surface area contributed by atoms with Gasteiger partial charge < -0.3 is 25.2 Å². The fourth-order valence-corrected chi connectivity index (χ4v) is 4.31. The minimum atomic E-state index is -4.68. The third-order valence-corrected chi connectivity index (χ3v) is 6.81. The van der Waals surface area contributed by atoms with Crippen molar-refractivity contribution in [2.75, 3.05) is 19.8 Å². The van der Waals surface area contributed by atoms with Crippen LogP contribution < -0.4 is 5.73 Å². The summed E-state index contributed by atoms with van der Waals surface area (Å²) in [5.74, 6) is -2.39. The summed E-state index contributed by atoms with van der Waals surface area (Å²) in [4.78, 5) is 45.0. The first-order valence-electron chi connectivity index (χ1n) is 14.1. The van der Waals surface area contributed by atoms with Gasteiger partial charge in [-0.25, -0.2) is 4.57 Å². The maximum absolute atomic E-state index is 12.3. The fraction of sp³-hybridized carbons (Fsp3) is 0.885. The molecule has 39 heavy (non-hydrogen) atoms. The maximum Gasteiger partial charge on any atom is 0.472 e. The van der Waals surface area contributed by atoms with E-state index in [1.165, 1.54) is 32.1 Å². The van der Waals surface area contributed by atoms with Gasteiger partial charge in [0.1, 0.15) is 12.6 Å². The summed E-state index contributed by atoms with van der Waals surface area (Å²) >= 11 is 0. The van der Waals surface area contributed by atoms with E-state index in [9.17, 15) is 23.8 Å². The number of esters is 2. The van der Waals surface area contributed by atoms with Gasteiger partial charge in [0.2, 0.25) is 0 Å². The number of unbranched alkanes of at least 4 members (excludes halogenated alkanes) is 12. The number of aliphatic carboxylic acids is 1. The van der Waals surface area contributed by atoms with E-state index >= 15 is 0 Å². The molecule has 225 valence electrons. The zero-order valence-corrected chi connectivity index (χ0v) is 27.2. The Bertz CT molecular complexity index is 698. The third kappa shape index (κ3) is 26.1. The van der Waals surface area contributed by atoms with E-state index in [0.29, 0.717) is 12.8 Å². The molecule has 0 aliphatic heterocycles. The van der Waals surface area contributed by atoms with Gasteiger partial charge in [0, 0.05) is 42.4 Å². The molecule has 0 saturated carbocycles. The van der Waals surface area contributed by atoms with E-state index in [2.05, 4.69) is 18.4 Å². The Balaban J connectivity index is 0. The summed E-state index contributed by atoms with van der Waals surface area (Å²) in [5.41, 5.74) is 5.26. The van der Waals surface area contributed by atoms with E-state index in [1.807, 2.05) is 0 Å². The van der Waals surface area contributed by atoms with Gasteiger partial charge in [-0.2, -0.15) is 0 Å². The van der Waals surface area contributed by atoms with Crippen LogP contribution in [0.25, 0.3) is 0 Å². The van der Waals surface area contributed by atoms with Crippen LogP contribution in [0.4, 0.5) is 0 Å². The number of rotatable bonds is 26. The van der Waals surface area contributed by atoms with Gasteiger partial charge in [-0.15, -0.1) is 0 Å². The van der Waals surface area contributed by atoms with Gasteiger partial charge in [0.05, 0.1) is 13.2 Å². The van der Waals surface area contributed by atoms with Crippen molar-refractivity contribution in [3.63, 3.8) is 0 Å². The van der Waals surface area contributed by atoms with Crippen LogP contribution in [0.5, 0.6) is 0 Å². The molecule has 0 heterocycles. The average molecular weight is 591 g/mol. The molecule has 0 spiro atoms. The molecule has 0 aliphatic carbocycles. The molecule has 0 bridgehead atoms. The smallest absolute Gasteiger partial charge is 0.472 e. The minimum absolute atomic E-state index is 0. The van der Waals surface area contributed by atoms with Crippen LogP contribution in [0.2, 0.25) is 0 Å². The van der Waals surface area contributed by atoms with E-state index in [-0.39, 0.29) is 49.0 Å². The summed E-state index contributed by atoms with van der Waals surface area (Å²) in [7, 11) is -4.68.